The number of hydrogen-bond acceptors (Lipinski definition) is 9. The van der Waals surface area contributed by atoms with E-state index in [9.17, 15) is 14.4 Å². The van der Waals surface area contributed by atoms with Crippen LogP contribution in [0, 0.1) is 0 Å². The minimum atomic E-state index is -0.490. The maximum absolute atomic E-state index is 12.5. The van der Waals surface area contributed by atoms with Gasteiger partial charge < -0.3 is 32.2 Å². The Morgan fingerprint density at radius 1 is 0.977 bits per heavy atom. The van der Waals surface area contributed by atoms with Crippen molar-refractivity contribution < 1.29 is 19.1 Å². The first kappa shape index (κ1) is 33.8. The number of carbonyl (C=O) groups excluding carboxylic acids is 3. The van der Waals surface area contributed by atoms with Crippen molar-refractivity contribution >= 4 is 34.4 Å². The fourth-order valence-corrected chi connectivity index (χ4v) is 5.02. The topological polar surface area (TPSA) is 174 Å². The van der Waals surface area contributed by atoms with E-state index in [0.29, 0.717) is 23.9 Å². The number of amides is 3. The highest BCUT2D eigenvalue weighted by molar-refractivity contribution is 7.15. The van der Waals surface area contributed by atoms with Crippen LogP contribution >= 0.6 is 11.3 Å². The van der Waals surface area contributed by atoms with Crippen LogP contribution in [-0.2, 0) is 27.2 Å². The van der Waals surface area contributed by atoms with Gasteiger partial charge in [0.2, 0.25) is 16.9 Å². The standard InChI is InChI=1S/C32H41N7O4S/c1-4-43-32(42)35-22(3)25-14-10-11-23(19-25)20-28(40)36-27(34)18-17-26(33)15-8-9-16-29-38-39-31(44-29)37-30(41)21(2)24-12-6-5-7-13-24/h5-7,10-14,17-19,21-22H,4,8-9,15-16,20,33-34H2,1-3H3,(H,35,42)(H,36,40)(H,37,39,41)/b26-17-,27-18+. The number of hydrogen-bond donors (Lipinski definition) is 5. The molecule has 1 heterocycles. The van der Waals surface area contributed by atoms with Crippen molar-refractivity contribution in [3.63, 3.8) is 0 Å². The van der Waals surface area contributed by atoms with Gasteiger partial charge in [-0.15, -0.1) is 10.2 Å². The van der Waals surface area contributed by atoms with Gasteiger partial charge in [-0.1, -0.05) is 65.9 Å². The normalized spacial score (nSPS) is 13.1. The molecule has 2 aromatic carbocycles. The van der Waals surface area contributed by atoms with Gasteiger partial charge in [-0.3, -0.25) is 9.59 Å². The largest absolute Gasteiger partial charge is 0.450 e. The van der Waals surface area contributed by atoms with E-state index < -0.39 is 6.09 Å². The molecule has 44 heavy (non-hydrogen) atoms. The summed E-state index contributed by atoms with van der Waals surface area (Å²) in [6.45, 7) is 5.74. The summed E-state index contributed by atoms with van der Waals surface area (Å²) < 4.78 is 4.92. The maximum atomic E-state index is 12.5. The molecule has 2 unspecified atom stereocenters. The van der Waals surface area contributed by atoms with Crippen LogP contribution in [0.3, 0.4) is 0 Å². The Kier molecular flexibility index (Phi) is 13.4. The minimum Gasteiger partial charge on any atom is -0.450 e. The molecule has 0 aliphatic heterocycles. The second-order valence-corrected chi connectivity index (χ2v) is 11.3. The smallest absolute Gasteiger partial charge is 0.407 e. The molecular weight excluding hydrogens is 578 g/mol. The number of unbranched alkanes of at least 4 members (excludes halogenated alkanes) is 1. The molecule has 0 aliphatic rings. The number of nitrogens with two attached hydrogens (primary N) is 2. The number of alkyl carbamates (subject to hydrolysis) is 1. The molecule has 12 heteroatoms. The predicted octanol–water partition coefficient (Wildman–Crippen LogP) is 4.80. The van der Waals surface area contributed by atoms with Crippen molar-refractivity contribution in [1.82, 2.24) is 20.8 Å². The number of anilines is 1. The van der Waals surface area contributed by atoms with E-state index in [1.165, 1.54) is 11.3 Å². The van der Waals surface area contributed by atoms with Crippen LogP contribution in [0.15, 0.2) is 78.3 Å². The van der Waals surface area contributed by atoms with Crippen molar-refractivity contribution in [2.45, 2.75) is 64.8 Å². The van der Waals surface area contributed by atoms with Gasteiger partial charge in [0.05, 0.1) is 25.0 Å². The highest BCUT2D eigenvalue weighted by atomic mass is 32.1. The Labute approximate surface area is 262 Å². The molecule has 0 aliphatic carbocycles. The highest BCUT2D eigenvalue weighted by Crippen LogP contribution is 2.21. The lowest BCUT2D eigenvalue weighted by Crippen LogP contribution is -2.29. The Morgan fingerprint density at radius 3 is 2.48 bits per heavy atom. The molecule has 0 bridgehead atoms. The van der Waals surface area contributed by atoms with E-state index in [2.05, 4.69) is 26.1 Å². The summed E-state index contributed by atoms with van der Waals surface area (Å²) >= 11 is 1.37. The second kappa shape index (κ2) is 17.4. The van der Waals surface area contributed by atoms with E-state index in [-0.39, 0.29) is 36.0 Å². The molecule has 0 spiro atoms. The number of benzene rings is 2. The molecule has 11 nitrogen and oxygen atoms in total. The van der Waals surface area contributed by atoms with Gasteiger partial charge in [-0.05, 0) is 68.9 Å². The van der Waals surface area contributed by atoms with E-state index in [1.807, 2.05) is 68.4 Å². The summed E-state index contributed by atoms with van der Waals surface area (Å²) in [7, 11) is 0. The molecule has 2 atom stereocenters. The maximum Gasteiger partial charge on any atom is 0.407 e. The summed E-state index contributed by atoms with van der Waals surface area (Å²) in [5, 5.41) is 17.9. The van der Waals surface area contributed by atoms with Crippen LogP contribution < -0.4 is 27.4 Å². The molecule has 0 radical (unpaired) electrons. The quantitative estimate of drug-likeness (QED) is 0.119. The van der Waals surface area contributed by atoms with Crippen LogP contribution in [0.4, 0.5) is 9.93 Å². The SMILES string of the molecule is CCOC(=O)NC(C)c1cccc(CC(=O)N/C(N)=C/C=C(\N)CCCCc2nnc(NC(=O)C(C)c3ccccc3)s2)c1. The highest BCUT2D eigenvalue weighted by Gasteiger charge is 2.17. The lowest BCUT2D eigenvalue weighted by molar-refractivity contribution is -0.120. The minimum absolute atomic E-state index is 0.121. The average molecular weight is 620 g/mol. The molecule has 0 saturated heterocycles. The molecule has 3 rings (SSSR count). The van der Waals surface area contributed by atoms with Crippen LogP contribution in [0.1, 0.15) is 73.7 Å². The monoisotopic (exact) mass is 619 g/mol. The molecule has 7 N–H and O–H groups in total. The predicted molar refractivity (Wildman–Crippen MR) is 172 cm³/mol. The van der Waals surface area contributed by atoms with Crippen molar-refractivity contribution in [3.05, 3.63) is 100.0 Å². The fraction of sp³-hybridized carbons (Fsp3) is 0.344. The number of nitrogens with zero attached hydrogens (tertiary/aromatic N) is 2. The molecule has 0 fully saturated rings. The molecular formula is C32H41N7O4S. The Bertz CT molecular complexity index is 1460. The van der Waals surface area contributed by atoms with Crippen LogP contribution in [0.5, 0.6) is 0 Å². The van der Waals surface area contributed by atoms with Crippen molar-refractivity contribution in [2.75, 3.05) is 11.9 Å². The lowest BCUT2D eigenvalue weighted by atomic mass is 10.0. The third-order valence-corrected chi connectivity index (χ3v) is 7.58. The first-order valence-corrected chi connectivity index (χ1v) is 15.4. The van der Waals surface area contributed by atoms with Gasteiger partial charge in [0, 0.05) is 12.1 Å². The zero-order chi connectivity index (χ0) is 31.9. The molecule has 234 valence electrons. The number of allylic oxidation sites excluding steroid dienone is 3. The summed E-state index contributed by atoms with van der Waals surface area (Å²) in [6.07, 6.45) is 5.94. The summed E-state index contributed by atoms with van der Waals surface area (Å²) in [4.78, 5) is 36.7. The zero-order valence-electron chi connectivity index (χ0n) is 25.3. The summed E-state index contributed by atoms with van der Waals surface area (Å²) in [5.41, 5.74) is 15.3. The lowest BCUT2D eigenvalue weighted by Gasteiger charge is -2.15. The Balaban J connectivity index is 1.38. The third-order valence-electron chi connectivity index (χ3n) is 6.68. The molecule has 0 saturated carbocycles. The van der Waals surface area contributed by atoms with E-state index in [1.54, 1.807) is 19.1 Å². The number of rotatable bonds is 15. The van der Waals surface area contributed by atoms with E-state index >= 15 is 0 Å². The van der Waals surface area contributed by atoms with E-state index in [0.717, 1.165) is 41.0 Å². The van der Waals surface area contributed by atoms with Crippen LogP contribution in [0.2, 0.25) is 0 Å². The Hall–Kier alpha value is -4.71. The van der Waals surface area contributed by atoms with Crippen LogP contribution in [-0.4, -0.2) is 34.7 Å². The van der Waals surface area contributed by atoms with E-state index in [4.69, 9.17) is 16.2 Å². The number of ether oxygens (including phenoxy) is 1. The molecule has 3 aromatic rings. The number of carbonyl (C=O) groups is 3. The fourth-order valence-electron chi connectivity index (χ4n) is 4.23. The second-order valence-electron chi connectivity index (χ2n) is 10.2. The van der Waals surface area contributed by atoms with Gasteiger partial charge in [-0.25, -0.2) is 4.79 Å². The average Bonchev–Trinajstić information content (AvgIpc) is 3.45. The Morgan fingerprint density at radius 2 is 1.73 bits per heavy atom. The van der Waals surface area contributed by atoms with Gasteiger partial charge >= 0.3 is 6.09 Å². The van der Waals surface area contributed by atoms with Gasteiger partial charge in [0.25, 0.3) is 0 Å². The zero-order valence-corrected chi connectivity index (χ0v) is 26.2. The van der Waals surface area contributed by atoms with Crippen LogP contribution in [0.25, 0.3) is 0 Å². The van der Waals surface area contributed by atoms with Gasteiger partial charge in [0.15, 0.2) is 0 Å². The number of aryl methyl sites for hydroxylation is 1. The first-order valence-electron chi connectivity index (χ1n) is 14.6. The summed E-state index contributed by atoms with van der Waals surface area (Å²) in [6, 6.07) is 16.7. The van der Waals surface area contributed by atoms with Gasteiger partial charge in [-0.2, -0.15) is 0 Å². The molecule has 3 amide bonds. The number of aromatic nitrogens is 2. The van der Waals surface area contributed by atoms with Crippen molar-refractivity contribution in [3.8, 4) is 0 Å². The van der Waals surface area contributed by atoms with Crippen molar-refractivity contribution in [1.29, 1.82) is 0 Å². The first-order chi connectivity index (χ1) is 21.1. The summed E-state index contributed by atoms with van der Waals surface area (Å²) in [5.74, 6) is -0.485. The van der Waals surface area contributed by atoms with Crippen molar-refractivity contribution in [2.24, 2.45) is 11.5 Å². The third kappa shape index (κ3) is 11.5. The molecule has 1 aromatic heterocycles. The van der Waals surface area contributed by atoms with Gasteiger partial charge in [0.1, 0.15) is 10.8 Å². The number of nitrogens with one attached hydrogen (secondary N) is 3.